The number of rotatable bonds is 5. The number of halogens is 3. The molecule has 16 heavy (non-hydrogen) atoms. The van der Waals surface area contributed by atoms with Crippen LogP contribution >= 0.6 is 0 Å². The first-order valence-electron chi connectivity index (χ1n) is 4.27. The van der Waals surface area contributed by atoms with E-state index in [1.54, 1.807) is 0 Å². The Hall–Kier alpha value is -1.64. The van der Waals surface area contributed by atoms with Crippen molar-refractivity contribution in [3.63, 3.8) is 0 Å². The van der Waals surface area contributed by atoms with Crippen molar-refractivity contribution in [1.82, 2.24) is 20.8 Å². The van der Waals surface area contributed by atoms with Crippen molar-refractivity contribution in [3.05, 3.63) is 12.2 Å². The van der Waals surface area contributed by atoms with Gasteiger partial charge in [-0.05, 0) is 0 Å². The number of aromatic nitrogens is 2. The van der Waals surface area contributed by atoms with Crippen molar-refractivity contribution in [2.45, 2.75) is 12.7 Å². The molecule has 2 N–H and O–H groups in total. The van der Waals surface area contributed by atoms with Gasteiger partial charge in [-0.25, -0.2) is 0 Å². The molecule has 9 heteroatoms. The first-order chi connectivity index (χ1) is 7.47. The lowest BCUT2D eigenvalue weighted by molar-refractivity contribution is -0.128. The minimum absolute atomic E-state index is 0.0169. The minimum Gasteiger partial charge on any atom is -0.348 e. The summed E-state index contributed by atoms with van der Waals surface area (Å²) in [6, 6.07) is 0. The number of carbonyl (C=O) groups is 1. The van der Waals surface area contributed by atoms with Crippen LogP contribution in [0.1, 0.15) is 5.82 Å². The molecular weight excluding hydrogens is 229 g/mol. The van der Waals surface area contributed by atoms with Gasteiger partial charge in [-0.2, -0.15) is 18.2 Å². The highest BCUT2D eigenvalue weighted by Gasteiger charge is 2.26. The molecule has 1 rings (SSSR count). The molecule has 0 fully saturated rings. The summed E-state index contributed by atoms with van der Waals surface area (Å²) in [5.41, 5.74) is 0. The molecule has 0 saturated carbocycles. The van der Waals surface area contributed by atoms with E-state index in [0.29, 0.717) is 0 Å². The fourth-order valence-electron chi connectivity index (χ4n) is 0.828. The van der Waals surface area contributed by atoms with E-state index in [1.165, 1.54) is 0 Å². The number of carbonyl (C=O) groups excluding carboxylic acids is 1. The largest absolute Gasteiger partial charge is 0.401 e. The van der Waals surface area contributed by atoms with Crippen LogP contribution in [0, 0.1) is 0 Å². The SMILES string of the molecule is O=C(CNCC(F)(F)F)NCc1ncon1. The second-order valence-electron chi connectivity index (χ2n) is 2.84. The Morgan fingerprint density at radius 2 is 2.25 bits per heavy atom. The van der Waals surface area contributed by atoms with E-state index in [9.17, 15) is 18.0 Å². The van der Waals surface area contributed by atoms with Gasteiger partial charge in [0.2, 0.25) is 12.3 Å². The molecular formula is C7H9F3N4O2. The maximum atomic E-state index is 11.7. The van der Waals surface area contributed by atoms with Gasteiger partial charge in [0.25, 0.3) is 0 Å². The monoisotopic (exact) mass is 238 g/mol. The molecule has 0 spiro atoms. The number of alkyl halides is 3. The van der Waals surface area contributed by atoms with Gasteiger partial charge in [-0.3, -0.25) is 4.79 Å². The molecule has 1 aromatic rings. The van der Waals surface area contributed by atoms with Crippen molar-refractivity contribution in [1.29, 1.82) is 0 Å². The molecule has 1 amide bonds. The molecule has 0 radical (unpaired) electrons. The zero-order chi connectivity index (χ0) is 12.0. The van der Waals surface area contributed by atoms with Crippen LogP contribution in [0.2, 0.25) is 0 Å². The van der Waals surface area contributed by atoms with Crippen LogP contribution in [-0.2, 0) is 11.3 Å². The van der Waals surface area contributed by atoms with Gasteiger partial charge in [0.1, 0.15) is 0 Å². The lowest BCUT2D eigenvalue weighted by atomic mass is 10.5. The lowest BCUT2D eigenvalue weighted by Crippen LogP contribution is -2.38. The average Bonchev–Trinajstić information content (AvgIpc) is 2.65. The Morgan fingerprint density at radius 1 is 1.50 bits per heavy atom. The van der Waals surface area contributed by atoms with Gasteiger partial charge >= 0.3 is 6.18 Å². The minimum atomic E-state index is -4.33. The molecule has 0 aliphatic rings. The average molecular weight is 238 g/mol. The maximum absolute atomic E-state index is 11.7. The van der Waals surface area contributed by atoms with Crippen molar-refractivity contribution in [2.24, 2.45) is 0 Å². The van der Waals surface area contributed by atoms with Gasteiger partial charge in [-0.1, -0.05) is 5.16 Å². The van der Waals surface area contributed by atoms with Crippen LogP contribution in [-0.4, -0.2) is 35.3 Å². The predicted octanol–water partition coefficient (Wildman–Crippen LogP) is -0.162. The van der Waals surface area contributed by atoms with E-state index >= 15 is 0 Å². The van der Waals surface area contributed by atoms with Gasteiger partial charge in [-0.15, -0.1) is 0 Å². The fourth-order valence-corrected chi connectivity index (χ4v) is 0.828. The summed E-state index contributed by atoms with van der Waals surface area (Å²) >= 11 is 0. The fraction of sp³-hybridized carbons (Fsp3) is 0.571. The van der Waals surface area contributed by atoms with E-state index in [4.69, 9.17) is 0 Å². The molecule has 0 atom stereocenters. The molecule has 1 heterocycles. The molecule has 90 valence electrons. The van der Waals surface area contributed by atoms with E-state index in [0.717, 1.165) is 6.39 Å². The molecule has 0 unspecified atom stereocenters. The Labute approximate surface area is 88.2 Å². The Kier molecular flexibility index (Phi) is 4.23. The lowest BCUT2D eigenvalue weighted by Gasteiger charge is -2.07. The van der Waals surface area contributed by atoms with Crippen molar-refractivity contribution < 1.29 is 22.5 Å². The number of hydrogen-bond donors (Lipinski definition) is 2. The molecule has 6 nitrogen and oxygen atoms in total. The topological polar surface area (TPSA) is 80.0 Å². The first kappa shape index (κ1) is 12.4. The third-order valence-corrected chi connectivity index (χ3v) is 1.46. The highest BCUT2D eigenvalue weighted by molar-refractivity contribution is 5.77. The maximum Gasteiger partial charge on any atom is 0.401 e. The van der Waals surface area contributed by atoms with E-state index in [2.05, 4.69) is 20.0 Å². The summed E-state index contributed by atoms with van der Waals surface area (Å²) < 4.78 is 39.5. The first-order valence-corrected chi connectivity index (χ1v) is 4.27. The Morgan fingerprint density at radius 3 is 2.81 bits per heavy atom. The third kappa shape index (κ3) is 5.29. The van der Waals surface area contributed by atoms with Crippen LogP contribution in [0.3, 0.4) is 0 Å². The van der Waals surface area contributed by atoms with Crippen molar-refractivity contribution in [2.75, 3.05) is 13.1 Å². The zero-order valence-corrected chi connectivity index (χ0v) is 8.04. The number of nitrogens with zero attached hydrogens (tertiary/aromatic N) is 2. The Balaban J connectivity index is 2.12. The van der Waals surface area contributed by atoms with E-state index < -0.39 is 25.2 Å². The number of amides is 1. The normalized spacial score (nSPS) is 11.4. The quantitative estimate of drug-likeness (QED) is 0.745. The van der Waals surface area contributed by atoms with E-state index in [1.807, 2.05) is 5.32 Å². The smallest absolute Gasteiger partial charge is 0.348 e. The summed E-state index contributed by atoms with van der Waals surface area (Å²) in [5.74, 6) is -0.321. The molecule has 0 aliphatic heterocycles. The Bertz CT molecular complexity index is 325. The van der Waals surface area contributed by atoms with Crippen LogP contribution in [0.4, 0.5) is 13.2 Å². The number of hydrogen-bond acceptors (Lipinski definition) is 5. The molecule has 0 aliphatic carbocycles. The third-order valence-electron chi connectivity index (χ3n) is 1.46. The summed E-state index contributed by atoms with van der Waals surface area (Å²) in [6.07, 6.45) is -3.24. The number of nitrogens with one attached hydrogen (secondary N) is 2. The molecule has 1 aromatic heterocycles. The summed E-state index contributed by atoms with van der Waals surface area (Å²) in [4.78, 5) is 14.6. The molecule has 0 saturated heterocycles. The summed E-state index contributed by atoms with van der Waals surface area (Å²) in [5, 5.41) is 7.68. The summed E-state index contributed by atoms with van der Waals surface area (Å²) in [6.45, 7) is -1.61. The zero-order valence-electron chi connectivity index (χ0n) is 8.04. The highest BCUT2D eigenvalue weighted by atomic mass is 19.4. The van der Waals surface area contributed by atoms with Crippen LogP contribution in [0.5, 0.6) is 0 Å². The van der Waals surface area contributed by atoms with Crippen molar-refractivity contribution in [3.8, 4) is 0 Å². The molecule has 0 bridgehead atoms. The van der Waals surface area contributed by atoms with Gasteiger partial charge < -0.3 is 15.2 Å². The van der Waals surface area contributed by atoms with Crippen LogP contribution in [0.25, 0.3) is 0 Å². The van der Waals surface area contributed by atoms with Gasteiger partial charge in [0, 0.05) is 0 Å². The van der Waals surface area contributed by atoms with Gasteiger partial charge in [0.15, 0.2) is 5.82 Å². The highest BCUT2D eigenvalue weighted by Crippen LogP contribution is 2.11. The van der Waals surface area contributed by atoms with E-state index in [-0.39, 0.29) is 12.4 Å². The van der Waals surface area contributed by atoms with Crippen LogP contribution in [0.15, 0.2) is 10.9 Å². The van der Waals surface area contributed by atoms with Crippen molar-refractivity contribution >= 4 is 5.91 Å². The predicted molar refractivity (Wildman–Crippen MR) is 45.1 cm³/mol. The summed E-state index contributed by atoms with van der Waals surface area (Å²) in [7, 11) is 0. The molecule has 0 aromatic carbocycles. The standard InChI is InChI=1S/C7H9F3N4O2/c8-7(9,10)3-11-2-6(15)12-1-5-13-4-16-14-5/h4,11H,1-3H2,(H,12,15). The second kappa shape index (κ2) is 5.45. The second-order valence-corrected chi connectivity index (χ2v) is 2.84. The van der Waals surface area contributed by atoms with Crippen LogP contribution < -0.4 is 10.6 Å². The van der Waals surface area contributed by atoms with Gasteiger partial charge in [0.05, 0.1) is 19.6 Å².